The second-order valence-electron chi connectivity index (χ2n) is 5.27. The first kappa shape index (κ1) is 16.7. The van der Waals surface area contributed by atoms with E-state index in [2.05, 4.69) is 15.6 Å². The highest BCUT2D eigenvalue weighted by Crippen LogP contribution is 2.23. The molecule has 25 heavy (non-hydrogen) atoms. The third-order valence-electron chi connectivity index (χ3n) is 3.43. The van der Waals surface area contributed by atoms with Gasteiger partial charge in [0, 0.05) is 23.2 Å². The number of nitrogens with two attached hydrogens (primary N) is 1. The van der Waals surface area contributed by atoms with Crippen LogP contribution in [-0.2, 0) is 6.54 Å². The van der Waals surface area contributed by atoms with Crippen LogP contribution in [0.25, 0.3) is 10.6 Å². The molecule has 2 aromatic carbocycles. The molecule has 0 aliphatic carbocycles. The van der Waals surface area contributed by atoms with Crippen molar-refractivity contribution >= 4 is 29.0 Å². The van der Waals surface area contributed by atoms with Gasteiger partial charge >= 0.3 is 6.03 Å². The minimum atomic E-state index is -0.612. The Morgan fingerprint density at radius 1 is 1.04 bits per heavy atom. The van der Waals surface area contributed by atoms with Gasteiger partial charge in [0.2, 0.25) is 0 Å². The summed E-state index contributed by atoms with van der Waals surface area (Å²) in [6.07, 6.45) is 0. The zero-order valence-electron chi connectivity index (χ0n) is 13.2. The van der Waals surface area contributed by atoms with Gasteiger partial charge in [0.15, 0.2) is 0 Å². The average Bonchev–Trinajstić information content (AvgIpc) is 3.11. The molecule has 1 heterocycles. The number of amides is 3. The van der Waals surface area contributed by atoms with E-state index in [1.54, 1.807) is 17.5 Å². The van der Waals surface area contributed by atoms with E-state index in [9.17, 15) is 9.59 Å². The van der Waals surface area contributed by atoms with Crippen LogP contribution >= 0.6 is 11.3 Å². The Kier molecular flexibility index (Phi) is 5.06. The van der Waals surface area contributed by atoms with Crippen LogP contribution in [0.3, 0.4) is 0 Å². The largest absolute Gasteiger partial charge is 0.351 e. The zero-order valence-corrected chi connectivity index (χ0v) is 14.0. The molecule has 0 saturated carbocycles. The van der Waals surface area contributed by atoms with Crippen LogP contribution in [0.2, 0.25) is 0 Å². The first-order valence-electron chi connectivity index (χ1n) is 7.56. The Morgan fingerprint density at radius 2 is 1.76 bits per heavy atom. The number of hydrogen-bond donors (Lipinski definition) is 3. The van der Waals surface area contributed by atoms with E-state index >= 15 is 0 Å². The molecule has 0 saturated heterocycles. The lowest BCUT2D eigenvalue weighted by Gasteiger charge is -2.05. The number of urea groups is 1. The molecule has 3 amide bonds. The average molecular weight is 352 g/mol. The van der Waals surface area contributed by atoms with E-state index in [0.717, 1.165) is 16.1 Å². The second kappa shape index (κ2) is 7.59. The van der Waals surface area contributed by atoms with E-state index in [4.69, 9.17) is 5.73 Å². The predicted molar refractivity (Wildman–Crippen MR) is 98.4 cm³/mol. The zero-order chi connectivity index (χ0) is 17.6. The summed E-state index contributed by atoms with van der Waals surface area (Å²) >= 11 is 1.44. The standard InChI is InChI=1S/C18H16N4O2S/c19-18(24)21-14-8-6-12(7-9-14)10-20-16(23)15-11-25-17(22-15)13-4-2-1-3-5-13/h1-9,11H,10H2,(H,20,23)(H3,19,21,24). The van der Waals surface area contributed by atoms with Crippen LogP contribution in [0.5, 0.6) is 0 Å². The number of primary amides is 1. The molecule has 0 spiro atoms. The molecule has 126 valence electrons. The molecule has 0 radical (unpaired) electrons. The molecular formula is C18H16N4O2S. The fraction of sp³-hybridized carbons (Fsp3) is 0.0556. The van der Waals surface area contributed by atoms with Crippen LogP contribution in [0.15, 0.2) is 60.0 Å². The molecular weight excluding hydrogens is 336 g/mol. The molecule has 3 aromatic rings. The summed E-state index contributed by atoms with van der Waals surface area (Å²) in [4.78, 5) is 27.4. The number of benzene rings is 2. The highest BCUT2D eigenvalue weighted by atomic mass is 32.1. The quantitative estimate of drug-likeness (QED) is 0.657. The van der Waals surface area contributed by atoms with Gasteiger partial charge < -0.3 is 16.4 Å². The number of rotatable bonds is 5. The highest BCUT2D eigenvalue weighted by molar-refractivity contribution is 7.13. The lowest BCUT2D eigenvalue weighted by Crippen LogP contribution is -2.23. The molecule has 7 heteroatoms. The van der Waals surface area contributed by atoms with Gasteiger partial charge in [-0.05, 0) is 17.7 Å². The SMILES string of the molecule is NC(=O)Nc1ccc(CNC(=O)c2csc(-c3ccccc3)n2)cc1. The number of hydrogen-bond acceptors (Lipinski definition) is 4. The maximum atomic E-state index is 12.2. The summed E-state index contributed by atoms with van der Waals surface area (Å²) in [5.74, 6) is -0.224. The van der Waals surface area contributed by atoms with Crippen molar-refractivity contribution < 1.29 is 9.59 Å². The lowest BCUT2D eigenvalue weighted by atomic mass is 10.2. The van der Waals surface area contributed by atoms with Gasteiger partial charge in [0.1, 0.15) is 10.7 Å². The predicted octanol–water partition coefficient (Wildman–Crippen LogP) is 3.23. The van der Waals surface area contributed by atoms with Crippen LogP contribution in [-0.4, -0.2) is 16.9 Å². The van der Waals surface area contributed by atoms with E-state index in [1.807, 2.05) is 42.5 Å². The number of nitrogens with zero attached hydrogens (tertiary/aromatic N) is 1. The Hall–Kier alpha value is -3.19. The van der Waals surface area contributed by atoms with Crippen LogP contribution in [0.1, 0.15) is 16.1 Å². The Bertz CT molecular complexity index is 876. The fourth-order valence-corrected chi connectivity index (χ4v) is 3.02. The minimum Gasteiger partial charge on any atom is -0.351 e. The fourth-order valence-electron chi connectivity index (χ4n) is 2.21. The molecule has 0 aliphatic heterocycles. The smallest absolute Gasteiger partial charge is 0.316 e. The van der Waals surface area contributed by atoms with Gasteiger partial charge in [0.25, 0.3) is 5.91 Å². The summed E-state index contributed by atoms with van der Waals surface area (Å²) in [5, 5.41) is 7.88. The third-order valence-corrected chi connectivity index (χ3v) is 4.32. The maximum absolute atomic E-state index is 12.2. The number of carbonyl (C=O) groups excluding carboxylic acids is 2. The van der Waals surface area contributed by atoms with Crippen molar-refractivity contribution in [1.29, 1.82) is 0 Å². The van der Waals surface area contributed by atoms with Gasteiger partial charge in [-0.15, -0.1) is 11.3 Å². The number of carbonyl (C=O) groups is 2. The molecule has 3 rings (SSSR count). The molecule has 0 fully saturated rings. The third kappa shape index (κ3) is 4.42. The molecule has 0 unspecified atom stereocenters. The van der Waals surface area contributed by atoms with Crippen molar-refractivity contribution in [1.82, 2.24) is 10.3 Å². The number of anilines is 1. The Morgan fingerprint density at radius 3 is 2.44 bits per heavy atom. The van der Waals surface area contributed by atoms with Crippen molar-refractivity contribution in [3.63, 3.8) is 0 Å². The van der Waals surface area contributed by atoms with E-state index < -0.39 is 6.03 Å². The Labute approximate surface area is 148 Å². The van der Waals surface area contributed by atoms with Gasteiger partial charge in [-0.1, -0.05) is 42.5 Å². The van der Waals surface area contributed by atoms with Gasteiger partial charge in [-0.2, -0.15) is 0 Å². The van der Waals surface area contributed by atoms with Crippen LogP contribution < -0.4 is 16.4 Å². The van der Waals surface area contributed by atoms with Crippen molar-refractivity contribution in [2.24, 2.45) is 5.73 Å². The molecule has 4 N–H and O–H groups in total. The van der Waals surface area contributed by atoms with Gasteiger partial charge in [-0.25, -0.2) is 9.78 Å². The molecule has 0 bridgehead atoms. The van der Waals surface area contributed by atoms with Crippen LogP contribution in [0, 0.1) is 0 Å². The van der Waals surface area contributed by atoms with Crippen molar-refractivity contribution in [3.8, 4) is 10.6 Å². The second-order valence-corrected chi connectivity index (χ2v) is 6.13. The topological polar surface area (TPSA) is 97.1 Å². The van der Waals surface area contributed by atoms with Crippen LogP contribution in [0.4, 0.5) is 10.5 Å². The number of thiazole rings is 1. The van der Waals surface area contributed by atoms with E-state index in [0.29, 0.717) is 17.9 Å². The minimum absolute atomic E-state index is 0.224. The molecule has 0 aliphatic rings. The Balaban J connectivity index is 1.59. The molecule has 0 atom stereocenters. The molecule has 6 nitrogen and oxygen atoms in total. The number of aromatic nitrogens is 1. The summed E-state index contributed by atoms with van der Waals surface area (Å²) < 4.78 is 0. The number of nitrogens with one attached hydrogen (secondary N) is 2. The van der Waals surface area contributed by atoms with Crippen molar-refractivity contribution in [2.75, 3.05) is 5.32 Å². The first-order chi connectivity index (χ1) is 12.1. The van der Waals surface area contributed by atoms with Gasteiger partial charge in [-0.3, -0.25) is 4.79 Å². The van der Waals surface area contributed by atoms with E-state index in [-0.39, 0.29) is 5.91 Å². The summed E-state index contributed by atoms with van der Waals surface area (Å²) in [7, 11) is 0. The lowest BCUT2D eigenvalue weighted by molar-refractivity contribution is 0.0946. The van der Waals surface area contributed by atoms with Crippen molar-refractivity contribution in [2.45, 2.75) is 6.54 Å². The maximum Gasteiger partial charge on any atom is 0.316 e. The summed E-state index contributed by atoms with van der Waals surface area (Å²) in [5.41, 5.74) is 7.96. The summed E-state index contributed by atoms with van der Waals surface area (Å²) in [6.45, 7) is 0.369. The molecule has 1 aromatic heterocycles. The van der Waals surface area contributed by atoms with E-state index in [1.165, 1.54) is 11.3 Å². The van der Waals surface area contributed by atoms with Crippen molar-refractivity contribution in [3.05, 3.63) is 71.2 Å². The monoisotopic (exact) mass is 352 g/mol. The highest BCUT2D eigenvalue weighted by Gasteiger charge is 2.11. The van der Waals surface area contributed by atoms with Gasteiger partial charge in [0.05, 0.1) is 0 Å². The summed E-state index contributed by atoms with van der Waals surface area (Å²) in [6, 6.07) is 16.2. The normalized spacial score (nSPS) is 10.2. The first-order valence-corrected chi connectivity index (χ1v) is 8.44.